The summed E-state index contributed by atoms with van der Waals surface area (Å²) >= 11 is 0. The van der Waals surface area contributed by atoms with Gasteiger partial charge in [0.25, 0.3) is 5.56 Å². The smallest absolute Gasteiger partial charge is 0.316 e. The number of benzene rings is 2. The average molecular weight is 534 g/mol. The summed E-state index contributed by atoms with van der Waals surface area (Å²) in [6.07, 6.45) is 1.97. The van der Waals surface area contributed by atoms with Crippen LogP contribution in [0.1, 0.15) is 56.9 Å². The average Bonchev–Trinajstić information content (AvgIpc) is 2.87. The van der Waals surface area contributed by atoms with E-state index in [1.54, 1.807) is 30.9 Å². The first-order chi connectivity index (χ1) is 18.2. The number of hydrogen-bond donors (Lipinski definition) is 2. The molecule has 3 aromatic rings. The molecule has 3 rings (SSSR count). The Balaban J connectivity index is 1.68. The maximum Gasteiger partial charge on any atom is 0.316 e. The lowest BCUT2D eigenvalue weighted by Gasteiger charge is -2.29. The van der Waals surface area contributed by atoms with Crippen molar-refractivity contribution in [1.29, 1.82) is 0 Å². The molecule has 0 spiro atoms. The van der Waals surface area contributed by atoms with Crippen molar-refractivity contribution in [3.63, 3.8) is 0 Å². The SMILES string of the molecule is COc1ccc(Cn2ccc(C)c(NC(=O)C(N)Cc3ccc(C(C)(C)C(=O)OC(C)(C)C)cc3)c2=O)cc1. The molecule has 2 aromatic carbocycles. The van der Waals surface area contributed by atoms with Gasteiger partial charge in [-0.3, -0.25) is 14.4 Å². The molecule has 39 heavy (non-hydrogen) atoms. The number of aryl methyl sites for hydroxylation is 1. The van der Waals surface area contributed by atoms with Crippen molar-refractivity contribution in [1.82, 2.24) is 4.57 Å². The predicted octanol–water partition coefficient (Wildman–Crippen LogP) is 4.34. The lowest BCUT2D eigenvalue weighted by Crippen LogP contribution is -2.39. The fraction of sp³-hybridized carbons (Fsp3) is 0.387. The van der Waals surface area contributed by atoms with E-state index in [1.165, 1.54) is 0 Å². The third kappa shape index (κ3) is 7.57. The quantitative estimate of drug-likeness (QED) is 0.396. The van der Waals surface area contributed by atoms with Crippen molar-refractivity contribution in [2.75, 3.05) is 12.4 Å². The summed E-state index contributed by atoms with van der Waals surface area (Å²) in [5.74, 6) is -0.0244. The maximum atomic E-state index is 13.2. The molecule has 1 atom stereocenters. The molecule has 1 heterocycles. The van der Waals surface area contributed by atoms with Gasteiger partial charge >= 0.3 is 5.97 Å². The van der Waals surface area contributed by atoms with Crippen LogP contribution in [0.5, 0.6) is 5.75 Å². The lowest BCUT2D eigenvalue weighted by molar-refractivity contribution is -0.160. The Morgan fingerprint density at radius 1 is 0.949 bits per heavy atom. The third-order valence-electron chi connectivity index (χ3n) is 6.51. The molecule has 0 aliphatic heterocycles. The molecule has 208 valence electrons. The number of carbonyl (C=O) groups is 2. The maximum absolute atomic E-state index is 13.2. The number of anilines is 1. The van der Waals surface area contributed by atoms with Gasteiger partial charge in [-0.05, 0) is 88.4 Å². The number of pyridine rings is 1. The number of methoxy groups -OCH3 is 1. The van der Waals surface area contributed by atoms with Crippen LogP contribution < -0.4 is 21.3 Å². The minimum atomic E-state index is -0.872. The molecule has 1 unspecified atom stereocenters. The van der Waals surface area contributed by atoms with Crippen LogP contribution in [-0.4, -0.2) is 35.2 Å². The van der Waals surface area contributed by atoms with E-state index in [0.29, 0.717) is 12.1 Å². The van der Waals surface area contributed by atoms with Crippen molar-refractivity contribution >= 4 is 17.6 Å². The molecule has 0 saturated carbocycles. The lowest BCUT2D eigenvalue weighted by atomic mass is 9.84. The van der Waals surface area contributed by atoms with Crippen molar-refractivity contribution in [3.05, 3.63) is 93.4 Å². The number of nitrogens with one attached hydrogen (secondary N) is 1. The zero-order valence-corrected chi connectivity index (χ0v) is 23.8. The van der Waals surface area contributed by atoms with Crippen LogP contribution in [0.4, 0.5) is 5.69 Å². The van der Waals surface area contributed by atoms with E-state index in [-0.39, 0.29) is 23.6 Å². The zero-order valence-electron chi connectivity index (χ0n) is 23.8. The largest absolute Gasteiger partial charge is 0.497 e. The molecule has 0 fully saturated rings. The highest BCUT2D eigenvalue weighted by Crippen LogP contribution is 2.27. The van der Waals surface area contributed by atoms with Crippen molar-refractivity contribution in [3.8, 4) is 5.75 Å². The van der Waals surface area contributed by atoms with Gasteiger partial charge in [0.05, 0.1) is 25.1 Å². The van der Waals surface area contributed by atoms with Crippen LogP contribution in [0, 0.1) is 6.92 Å². The first-order valence-electron chi connectivity index (χ1n) is 12.9. The number of nitrogens with two attached hydrogens (primary N) is 1. The van der Waals surface area contributed by atoms with Gasteiger partial charge in [0.1, 0.15) is 17.0 Å². The molecule has 3 N–H and O–H groups in total. The van der Waals surface area contributed by atoms with Gasteiger partial charge < -0.3 is 25.1 Å². The number of amides is 1. The van der Waals surface area contributed by atoms with E-state index in [4.69, 9.17) is 15.2 Å². The molecule has 0 aliphatic carbocycles. The van der Waals surface area contributed by atoms with E-state index in [2.05, 4.69) is 5.32 Å². The van der Waals surface area contributed by atoms with Gasteiger partial charge in [-0.15, -0.1) is 0 Å². The monoisotopic (exact) mass is 533 g/mol. The highest BCUT2D eigenvalue weighted by molar-refractivity contribution is 5.95. The number of hydrogen-bond acceptors (Lipinski definition) is 6. The first-order valence-corrected chi connectivity index (χ1v) is 12.9. The van der Waals surface area contributed by atoms with E-state index in [0.717, 1.165) is 22.4 Å². The Hall–Kier alpha value is -3.91. The summed E-state index contributed by atoms with van der Waals surface area (Å²) in [6, 6.07) is 15.8. The van der Waals surface area contributed by atoms with Crippen molar-refractivity contribution in [2.45, 2.75) is 71.6 Å². The molecule has 0 bridgehead atoms. The third-order valence-corrected chi connectivity index (χ3v) is 6.51. The van der Waals surface area contributed by atoms with E-state index in [9.17, 15) is 14.4 Å². The van der Waals surface area contributed by atoms with Crippen molar-refractivity contribution in [2.24, 2.45) is 5.73 Å². The highest BCUT2D eigenvalue weighted by Gasteiger charge is 2.34. The van der Waals surface area contributed by atoms with Crippen LogP contribution in [0.15, 0.2) is 65.6 Å². The number of nitrogens with zero attached hydrogens (tertiary/aromatic N) is 1. The first kappa shape index (κ1) is 29.6. The summed E-state index contributed by atoms with van der Waals surface area (Å²) in [7, 11) is 1.60. The minimum absolute atomic E-state index is 0.209. The van der Waals surface area contributed by atoms with Gasteiger partial charge in [-0.1, -0.05) is 36.4 Å². The Bertz CT molecular complexity index is 1370. The van der Waals surface area contributed by atoms with Gasteiger partial charge in [-0.2, -0.15) is 0 Å². The van der Waals surface area contributed by atoms with Gasteiger partial charge in [0.2, 0.25) is 5.91 Å². The summed E-state index contributed by atoms with van der Waals surface area (Å²) in [6.45, 7) is 11.3. The Kier molecular flexibility index (Phi) is 9.02. The Morgan fingerprint density at radius 3 is 2.10 bits per heavy atom. The van der Waals surface area contributed by atoms with Crippen LogP contribution in [0.25, 0.3) is 0 Å². The van der Waals surface area contributed by atoms with Gasteiger partial charge in [-0.25, -0.2) is 0 Å². The summed E-state index contributed by atoms with van der Waals surface area (Å²) in [4.78, 5) is 38.8. The van der Waals surface area contributed by atoms with Crippen LogP contribution in [0.2, 0.25) is 0 Å². The number of esters is 1. The number of carbonyl (C=O) groups excluding carboxylic acids is 2. The molecule has 0 aliphatic rings. The Morgan fingerprint density at radius 2 is 1.54 bits per heavy atom. The van der Waals surface area contributed by atoms with Crippen LogP contribution in [0.3, 0.4) is 0 Å². The predicted molar refractivity (Wildman–Crippen MR) is 153 cm³/mol. The molecule has 8 nitrogen and oxygen atoms in total. The minimum Gasteiger partial charge on any atom is -0.497 e. The number of rotatable bonds is 9. The second-order valence-electron chi connectivity index (χ2n) is 11.3. The second-order valence-corrected chi connectivity index (χ2v) is 11.3. The van der Waals surface area contributed by atoms with E-state index >= 15 is 0 Å². The highest BCUT2D eigenvalue weighted by atomic mass is 16.6. The standard InChI is InChI=1S/C31H39N3O5/c1-20-16-17-34(19-22-10-14-24(38-7)15-11-22)28(36)26(20)33-27(35)25(32)18-21-8-12-23(13-9-21)31(5,6)29(37)39-30(2,3)4/h8-17,25H,18-19,32H2,1-7H3,(H,33,35). The number of ether oxygens (including phenoxy) is 2. The fourth-order valence-corrected chi connectivity index (χ4v) is 4.01. The summed E-state index contributed by atoms with van der Waals surface area (Å²) in [5, 5.41) is 2.74. The van der Waals surface area contributed by atoms with Crippen LogP contribution in [-0.2, 0) is 32.7 Å². The van der Waals surface area contributed by atoms with E-state index in [1.807, 2.05) is 83.1 Å². The molecule has 1 amide bonds. The molecular weight excluding hydrogens is 494 g/mol. The van der Waals surface area contributed by atoms with Gasteiger partial charge in [0, 0.05) is 6.20 Å². The summed E-state index contributed by atoms with van der Waals surface area (Å²) < 4.78 is 12.3. The normalized spacial score (nSPS) is 12.5. The fourth-order valence-electron chi connectivity index (χ4n) is 4.01. The van der Waals surface area contributed by atoms with Crippen LogP contribution >= 0.6 is 0 Å². The van der Waals surface area contributed by atoms with Gasteiger partial charge in [0.15, 0.2) is 0 Å². The molecule has 8 heteroatoms. The Labute approximate surface area is 230 Å². The molecule has 0 radical (unpaired) electrons. The molecule has 1 aromatic heterocycles. The topological polar surface area (TPSA) is 113 Å². The summed E-state index contributed by atoms with van der Waals surface area (Å²) in [5.41, 5.74) is 7.93. The van der Waals surface area contributed by atoms with Crippen molar-refractivity contribution < 1.29 is 19.1 Å². The molecule has 0 saturated heterocycles. The second kappa shape index (κ2) is 11.9. The number of aromatic nitrogens is 1. The van der Waals surface area contributed by atoms with E-state index < -0.39 is 23.0 Å². The zero-order chi connectivity index (χ0) is 29.0. The molecular formula is C31H39N3O5.